The summed E-state index contributed by atoms with van der Waals surface area (Å²) in [5.41, 5.74) is 0. The number of nitrogens with one attached hydrogen (secondary N) is 2. The van der Waals surface area contributed by atoms with Crippen molar-refractivity contribution in [1.82, 2.24) is 9.97 Å². The zero-order chi connectivity index (χ0) is 13.4. The van der Waals surface area contributed by atoms with Gasteiger partial charge in [0.1, 0.15) is 17.5 Å². The largest absolute Gasteiger partial charge is 0.396 e. The topological polar surface area (TPSA) is 70.1 Å². The van der Waals surface area contributed by atoms with Crippen molar-refractivity contribution in [1.29, 1.82) is 0 Å². The van der Waals surface area contributed by atoms with Crippen molar-refractivity contribution in [2.24, 2.45) is 5.92 Å². The third-order valence-electron chi connectivity index (χ3n) is 2.59. The van der Waals surface area contributed by atoms with E-state index in [0.717, 1.165) is 36.8 Å². The Bertz CT molecular complexity index is 357. The van der Waals surface area contributed by atoms with Crippen LogP contribution in [0, 0.1) is 5.92 Å². The van der Waals surface area contributed by atoms with Crippen molar-refractivity contribution in [3.05, 3.63) is 11.9 Å². The number of aliphatic hydroxyl groups is 1. The van der Waals surface area contributed by atoms with Crippen LogP contribution in [-0.4, -0.2) is 34.8 Å². The van der Waals surface area contributed by atoms with Crippen molar-refractivity contribution in [3.8, 4) is 0 Å². The molecule has 0 spiro atoms. The van der Waals surface area contributed by atoms with Gasteiger partial charge in [-0.15, -0.1) is 0 Å². The van der Waals surface area contributed by atoms with Crippen LogP contribution in [-0.2, 0) is 6.42 Å². The molecular formula is C13H24N4O. The second-order valence-electron chi connectivity index (χ2n) is 4.50. The van der Waals surface area contributed by atoms with Gasteiger partial charge in [-0.25, -0.2) is 9.97 Å². The molecule has 102 valence electrons. The minimum Gasteiger partial charge on any atom is -0.396 e. The third kappa shape index (κ3) is 4.87. The number of anilines is 2. The molecule has 1 atom stereocenters. The maximum atomic E-state index is 9.00. The highest BCUT2D eigenvalue weighted by atomic mass is 16.3. The van der Waals surface area contributed by atoms with Crippen LogP contribution >= 0.6 is 0 Å². The number of hydrogen-bond acceptors (Lipinski definition) is 5. The fourth-order valence-electron chi connectivity index (χ4n) is 1.43. The lowest BCUT2D eigenvalue weighted by Crippen LogP contribution is -2.16. The molecule has 0 saturated carbocycles. The maximum Gasteiger partial charge on any atom is 0.132 e. The number of aliphatic hydroxyl groups excluding tert-OH is 1. The Morgan fingerprint density at radius 1 is 1.22 bits per heavy atom. The molecule has 18 heavy (non-hydrogen) atoms. The normalized spacial score (nSPS) is 12.2. The van der Waals surface area contributed by atoms with Gasteiger partial charge in [0, 0.05) is 32.2 Å². The molecule has 1 aromatic rings. The number of hydrogen-bond donors (Lipinski definition) is 3. The SMILES string of the molecule is CCCNc1cc(NCC(C)CO)nc(CC)n1. The third-order valence-corrected chi connectivity index (χ3v) is 2.59. The summed E-state index contributed by atoms with van der Waals surface area (Å²) in [5.74, 6) is 2.73. The molecule has 0 aliphatic carbocycles. The van der Waals surface area contributed by atoms with Gasteiger partial charge in [-0.3, -0.25) is 0 Å². The second-order valence-corrected chi connectivity index (χ2v) is 4.50. The molecule has 0 aliphatic heterocycles. The summed E-state index contributed by atoms with van der Waals surface area (Å²) in [6.07, 6.45) is 1.88. The monoisotopic (exact) mass is 252 g/mol. The first-order valence-corrected chi connectivity index (χ1v) is 6.66. The Hall–Kier alpha value is -1.36. The fourth-order valence-corrected chi connectivity index (χ4v) is 1.43. The summed E-state index contributed by atoms with van der Waals surface area (Å²) in [6, 6.07) is 1.92. The average molecular weight is 252 g/mol. The zero-order valence-electron chi connectivity index (χ0n) is 11.5. The Kier molecular flexibility index (Phi) is 6.43. The number of aromatic nitrogens is 2. The lowest BCUT2D eigenvalue weighted by atomic mass is 10.2. The number of aryl methyl sites for hydroxylation is 1. The first-order chi connectivity index (χ1) is 8.69. The second kappa shape index (κ2) is 7.87. The highest BCUT2D eigenvalue weighted by molar-refractivity contribution is 5.47. The van der Waals surface area contributed by atoms with Gasteiger partial charge in [-0.2, -0.15) is 0 Å². The molecule has 0 radical (unpaired) electrons. The summed E-state index contributed by atoms with van der Waals surface area (Å²) in [6.45, 7) is 7.96. The van der Waals surface area contributed by atoms with Crippen molar-refractivity contribution in [2.75, 3.05) is 30.3 Å². The number of rotatable bonds is 8. The molecule has 0 bridgehead atoms. The van der Waals surface area contributed by atoms with Crippen LogP contribution in [0.2, 0.25) is 0 Å². The first kappa shape index (κ1) is 14.7. The minimum absolute atomic E-state index is 0.180. The van der Waals surface area contributed by atoms with Crippen LogP contribution < -0.4 is 10.6 Å². The molecule has 1 rings (SSSR count). The maximum absolute atomic E-state index is 9.00. The molecule has 1 unspecified atom stereocenters. The van der Waals surface area contributed by atoms with Crippen LogP contribution in [0.5, 0.6) is 0 Å². The highest BCUT2D eigenvalue weighted by Crippen LogP contribution is 2.12. The van der Waals surface area contributed by atoms with Crippen molar-refractivity contribution < 1.29 is 5.11 Å². The Balaban J connectivity index is 2.70. The molecule has 1 heterocycles. The standard InChI is InChI=1S/C13H24N4O/c1-4-6-14-12-7-13(15-8-10(3)9-18)17-11(5-2)16-12/h7,10,18H,4-6,8-9H2,1-3H3,(H2,14,15,16,17). The van der Waals surface area contributed by atoms with Crippen molar-refractivity contribution >= 4 is 11.6 Å². The van der Waals surface area contributed by atoms with E-state index in [9.17, 15) is 0 Å². The van der Waals surface area contributed by atoms with Crippen LogP contribution in [0.15, 0.2) is 6.07 Å². The van der Waals surface area contributed by atoms with Gasteiger partial charge in [-0.1, -0.05) is 20.8 Å². The van der Waals surface area contributed by atoms with Crippen molar-refractivity contribution in [3.63, 3.8) is 0 Å². The molecule has 0 saturated heterocycles. The van der Waals surface area contributed by atoms with Gasteiger partial charge >= 0.3 is 0 Å². The van der Waals surface area contributed by atoms with Gasteiger partial charge in [0.25, 0.3) is 0 Å². The Labute approximate surface area is 109 Å². The molecule has 5 heteroatoms. The Morgan fingerprint density at radius 2 is 1.89 bits per heavy atom. The van der Waals surface area contributed by atoms with Crippen LogP contribution in [0.3, 0.4) is 0 Å². The fraction of sp³-hybridized carbons (Fsp3) is 0.692. The molecule has 1 aromatic heterocycles. The van der Waals surface area contributed by atoms with Gasteiger partial charge in [0.2, 0.25) is 0 Å². The molecule has 0 fully saturated rings. The van der Waals surface area contributed by atoms with Gasteiger partial charge < -0.3 is 15.7 Å². The van der Waals surface area contributed by atoms with E-state index in [4.69, 9.17) is 5.11 Å². The average Bonchev–Trinajstić information content (AvgIpc) is 2.42. The Morgan fingerprint density at radius 3 is 2.44 bits per heavy atom. The zero-order valence-corrected chi connectivity index (χ0v) is 11.5. The smallest absolute Gasteiger partial charge is 0.132 e. The van der Waals surface area contributed by atoms with Gasteiger partial charge in [0.15, 0.2) is 0 Å². The molecule has 5 nitrogen and oxygen atoms in total. The predicted molar refractivity (Wildman–Crippen MR) is 74.9 cm³/mol. The van der Waals surface area contributed by atoms with Crippen LogP contribution in [0.4, 0.5) is 11.6 Å². The molecule has 0 amide bonds. The van der Waals surface area contributed by atoms with E-state index in [0.29, 0.717) is 6.54 Å². The van der Waals surface area contributed by atoms with E-state index >= 15 is 0 Å². The van der Waals surface area contributed by atoms with E-state index in [1.54, 1.807) is 0 Å². The van der Waals surface area contributed by atoms with E-state index in [1.165, 1.54) is 0 Å². The lowest BCUT2D eigenvalue weighted by molar-refractivity contribution is 0.244. The summed E-state index contributed by atoms with van der Waals surface area (Å²) in [4.78, 5) is 8.85. The summed E-state index contributed by atoms with van der Waals surface area (Å²) >= 11 is 0. The molecule has 3 N–H and O–H groups in total. The number of nitrogens with zero attached hydrogens (tertiary/aromatic N) is 2. The molecule has 0 aromatic carbocycles. The van der Waals surface area contributed by atoms with Crippen LogP contribution in [0.1, 0.15) is 33.0 Å². The summed E-state index contributed by atoms with van der Waals surface area (Å²) in [7, 11) is 0. The quantitative estimate of drug-likeness (QED) is 0.659. The van der Waals surface area contributed by atoms with Crippen LogP contribution in [0.25, 0.3) is 0 Å². The summed E-state index contributed by atoms with van der Waals surface area (Å²) < 4.78 is 0. The van der Waals surface area contributed by atoms with Gasteiger partial charge in [0.05, 0.1) is 0 Å². The molecular weight excluding hydrogens is 228 g/mol. The summed E-state index contributed by atoms with van der Waals surface area (Å²) in [5, 5.41) is 15.5. The lowest BCUT2D eigenvalue weighted by Gasteiger charge is -2.12. The highest BCUT2D eigenvalue weighted by Gasteiger charge is 2.05. The van der Waals surface area contributed by atoms with Gasteiger partial charge in [-0.05, 0) is 12.3 Å². The van der Waals surface area contributed by atoms with E-state index in [-0.39, 0.29) is 12.5 Å². The van der Waals surface area contributed by atoms with E-state index in [2.05, 4.69) is 27.5 Å². The molecule has 0 aliphatic rings. The van der Waals surface area contributed by atoms with Crippen molar-refractivity contribution in [2.45, 2.75) is 33.6 Å². The van der Waals surface area contributed by atoms with E-state index in [1.807, 2.05) is 19.9 Å². The minimum atomic E-state index is 0.180. The first-order valence-electron chi connectivity index (χ1n) is 6.66. The predicted octanol–water partition coefficient (Wildman–Crippen LogP) is 1.90. The van der Waals surface area contributed by atoms with E-state index < -0.39 is 0 Å².